The fourth-order valence-electron chi connectivity index (χ4n) is 1.79. The van der Waals surface area contributed by atoms with Crippen LogP contribution in [0.5, 0.6) is 0 Å². The van der Waals surface area contributed by atoms with Crippen LogP contribution in [0.15, 0.2) is 24.3 Å². The van der Waals surface area contributed by atoms with Crippen molar-refractivity contribution in [3.63, 3.8) is 0 Å². The van der Waals surface area contributed by atoms with E-state index in [-0.39, 0.29) is 12.6 Å². The zero-order chi connectivity index (χ0) is 13.2. The molecule has 5 nitrogen and oxygen atoms in total. The lowest BCUT2D eigenvalue weighted by Gasteiger charge is -2.21. The second kappa shape index (κ2) is 8.72. The van der Waals surface area contributed by atoms with Crippen molar-refractivity contribution in [3.05, 3.63) is 24.3 Å². The van der Waals surface area contributed by atoms with Gasteiger partial charge in [-0.15, -0.1) is 6.58 Å². The topological polar surface area (TPSA) is 61.8 Å². The van der Waals surface area contributed by atoms with Crippen LogP contribution in [0.4, 0.5) is 4.79 Å². The molecule has 102 valence electrons. The molecule has 0 unspecified atom stereocenters. The van der Waals surface area contributed by atoms with Gasteiger partial charge >= 0.3 is 6.03 Å². The van der Waals surface area contributed by atoms with Crippen LogP contribution in [-0.2, 0) is 4.74 Å². The van der Waals surface area contributed by atoms with Crippen molar-refractivity contribution >= 4 is 6.03 Å². The fraction of sp³-hybridized carbons (Fsp3) is 0.615. The van der Waals surface area contributed by atoms with Gasteiger partial charge in [0.1, 0.15) is 0 Å². The van der Waals surface area contributed by atoms with Gasteiger partial charge < -0.3 is 20.1 Å². The van der Waals surface area contributed by atoms with Gasteiger partial charge in [-0.1, -0.05) is 17.7 Å². The largest absolute Gasteiger partial charge is 0.395 e. The minimum atomic E-state index is -0.156. The average molecular weight is 254 g/mol. The van der Waals surface area contributed by atoms with Gasteiger partial charge in [0.25, 0.3) is 0 Å². The summed E-state index contributed by atoms with van der Waals surface area (Å²) in [4.78, 5) is 13.3. The Balaban J connectivity index is 2.25. The molecule has 0 spiro atoms. The molecule has 0 fully saturated rings. The van der Waals surface area contributed by atoms with Gasteiger partial charge in [0.2, 0.25) is 0 Å². The molecular weight excluding hydrogens is 232 g/mol. The first-order chi connectivity index (χ1) is 8.77. The summed E-state index contributed by atoms with van der Waals surface area (Å²) >= 11 is 0. The Morgan fingerprint density at radius 2 is 2.50 bits per heavy atom. The molecule has 18 heavy (non-hydrogen) atoms. The predicted molar refractivity (Wildman–Crippen MR) is 70.4 cm³/mol. The summed E-state index contributed by atoms with van der Waals surface area (Å²) in [6, 6.07) is -0.156. The van der Waals surface area contributed by atoms with Gasteiger partial charge in [-0.2, -0.15) is 0 Å². The van der Waals surface area contributed by atoms with Crippen molar-refractivity contribution in [1.29, 1.82) is 0 Å². The quantitative estimate of drug-likeness (QED) is 0.664. The van der Waals surface area contributed by atoms with Crippen molar-refractivity contribution in [3.8, 4) is 0 Å². The molecule has 0 aromatic carbocycles. The summed E-state index contributed by atoms with van der Waals surface area (Å²) in [7, 11) is 0. The number of hydrogen-bond donors (Lipinski definition) is 2. The minimum Gasteiger partial charge on any atom is -0.395 e. The first kappa shape index (κ1) is 14.7. The van der Waals surface area contributed by atoms with Crippen LogP contribution in [0.2, 0.25) is 0 Å². The van der Waals surface area contributed by atoms with Gasteiger partial charge in [-0.05, 0) is 12.8 Å². The van der Waals surface area contributed by atoms with Crippen LogP contribution in [0, 0.1) is 0 Å². The number of amides is 2. The second-order valence-corrected chi connectivity index (χ2v) is 4.13. The number of nitrogens with zero attached hydrogens (tertiary/aromatic N) is 1. The SMILES string of the molecule is C=CCN(CCO)C(=O)NCCC1=CCOCC1. The van der Waals surface area contributed by atoms with Crippen LogP contribution in [-0.4, -0.2) is 55.5 Å². The molecule has 0 aromatic rings. The molecule has 1 rings (SSSR count). The number of aliphatic hydroxyl groups excluding tert-OH is 1. The number of hydrogen-bond acceptors (Lipinski definition) is 3. The van der Waals surface area contributed by atoms with Crippen LogP contribution >= 0.6 is 0 Å². The maximum Gasteiger partial charge on any atom is 0.317 e. The van der Waals surface area contributed by atoms with Gasteiger partial charge in [-0.3, -0.25) is 0 Å². The molecule has 2 N–H and O–H groups in total. The van der Waals surface area contributed by atoms with Crippen molar-refractivity contribution in [2.45, 2.75) is 12.8 Å². The Hall–Kier alpha value is -1.33. The zero-order valence-corrected chi connectivity index (χ0v) is 10.7. The molecule has 0 bridgehead atoms. The van der Waals surface area contributed by atoms with E-state index in [4.69, 9.17) is 9.84 Å². The first-order valence-electron chi connectivity index (χ1n) is 6.28. The molecule has 1 heterocycles. The van der Waals surface area contributed by atoms with Gasteiger partial charge in [0.05, 0.1) is 19.8 Å². The molecule has 0 atom stereocenters. The highest BCUT2D eigenvalue weighted by Gasteiger charge is 2.11. The van der Waals surface area contributed by atoms with E-state index in [1.807, 2.05) is 0 Å². The van der Waals surface area contributed by atoms with E-state index in [0.29, 0.717) is 26.2 Å². The van der Waals surface area contributed by atoms with E-state index in [1.54, 1.807) is 6.08 Å². The lowest BCUT2D eigenvalue weighted by molar-refractivity contribution is 0.153. The molecule has 2 amide bonds. The Morgan fingerprint density at radius 1 is 1.67 bits per heavy atom. The van der Waals surface area contributed by atoms with E-state index in [9.17, 15) is 4.79 Å². The number of carbonyl (C=O) groups excluding carboxylic acids is 1. The van der Waals surface area contributed by atoms with Gasteiger partial charge in [-0.25, -0.2) is 4.79 Å². The Bertz CT molecular complexity index is 303. The van der Waals surface area contributed by atoms with Crippen molar-refractivity contribution in [2.75, 3.05) is 39.5 Å². The number of carbonyl (C=O) groups is 1. The van der Waals surface area contributed by atoms with Crippen LogP contribution in [0.3, 0.4) is 0 Å². The van der Waals surface area contributed by atoms with E-state index in [0.717, 1.165) is 19.4 Å². The monoisotopic (exact) mass is 254 g/mol. The third-order valence-corrected chi connectivity index (χ3v) is 2.79. The van der Waals surface area contributed by atoms with Crippen LogP contribution in [0.1, 0.15) is 12.8 Å². The third-order valence-electron chi connectivity index (χ3n) is 2.79. The maximum absolute atomic E-state index is 11.8. The highest BCUT2D eigenvalue weighted by molar-refractivity contribution is 5.74. The number of ether oxygens (including phenoxy) is 1. The van der Waals surface area contributed by atoms with Crippen LogP contribution in [0.25, 0.3) is 0 Å². The summed E-state index contributed by atoms with van der Waals surface area (Å²) in [5, 5.41) is 11.7. The smallest absolute Gasteiger partial charge is 0.317 e. The summed E-state index contributed by atoms with van der Waals surface area (Å²) in [6.45, 7) is 6.39. The van der Waals surface area contributed by atoms with Gasteiger partial charge in [0, 0.05) is 19.6 Å². The molecule has 5 heteroatoms. The molecule has 0 saturated heterocycles. The standard InChI is InChI=1S/C13H22N2O3/c1-2-7-15(8-9-16)13(17)14-6-3-12-4-10-18-11-5-12/h2,4,16H,1,3,5-11H2,(H,14,17). The molecule has 1 aliphatic rings. The second-order valence-electron chi connectivity index (χ2n) is 4.13. The molecule has 0 aromatic heterocycles. The summed E-state index contributed by atoms with van der Waals surface area (Å²) in [5.74, 6) is 0. The molecule has 0 aliphatic carbocycles. The zero-order valence-electron chi connectivity index (χ0n) is 10.7. The van der Waals surface area contributed by atoms with Crippen molar-refractivity contribution < 1.29 is 14.6 Å². The normalized spacial score (nSPS) is 14.8. The number of nitrogens with one attached hydrogen (secondary N) is 1. The molecule has 1 aliphatic heterocycles. The Labute approximate surface area is 108 Å². The number of aliphatic hydroxyl groups is 1. The summed E-state index contributed by atoms with van der Waals surface area (Å²) in [6.07, 6.45) is 5.53. The third kappa shape index (κ3) is 5.33. The Kier molecular flexibility index (Phi) is 7.13. The maximum atomic E-state index is 11.8. The summed E-state index contributed by atoms with van der Waals surface area (Å²) < 4.78 is 5.22. The minimum absolute atomic E-state index is 0.0379. The highest BCUT2D eigenvalue weighted by Crippen LogP contribution is 2.10. The van der Waals surface area contributed by atoms with E-state index in [1.165, 1.54) is 10.5 Å². The summed E-state index contributed by atoms with van der Waals surface area (Å²) in [5.41, 5.74) is 1.33. The lowest BCUT2D eigenvalue weighted by Crippen LogP contribution is -2.42. The predicted octanol–water partition coefficient (Wildman–Crippen LogP) is 0.913. The average Bonchev–Trinajstić information content (AvgIpc) is 2.39. The fourth-order valence-corrected chi connectivity index (χ4v) is 1.79. The van der Waals surface area contributed by atoms with Gasteiger partial charge in [0.15, 0.2) is 0 Å². The number of urea groups is 1. The van der Waals surface area contributed by atoms with Crippen molar-refractivity contribution in [1.82, 2.24) is 10.2 Å². The molecule has 0 saturated carbocycles. The molecular formula is C13H22N2O3. The lowest BCUT2D eigenvalue weighted by atomic mass is 10.1. The molecule has 0 radical (unpaired) electrons. The Morgan fingerprint density at radius 3 is 3.11 bits per heavy atom. The van der Waals surface area contributed by atoms with Crippen LogP contribution < -0.4 is 5.32 Å². The van der Waals surface area contributed by atoms with E-state index >= 15 is 0 Å². The van der Waals surface area contributed by atoms with E-state index < -0.39 is 0 Å². The number of rotatable bonds is 7. The van der Waals surface area contributed by atoms with E-state index in [2.05, 4.69) is 18.0 Å². The first-order valence-corrected chi connectivity index (χ1v) is 6.28. The highest BCUT2D eigenvalue weighted by atomic mass is 16.5. The van der Waals surface area contributed by atoms with Crippen molar-refractivity contribution in [2.24, 2.45) is 0 Å².